The van der Waals surface area contributed by atoms with Crippen molar-refractivity contribution in [3.8, 4) is 17.2 Å². The molecule has 198 valence electrons. The monoisotopic (exact) mass is 500 g/mol. The van der Waals surface area contributed by atoms with E-state index >= 15 is 0 Å². The van der Waals surface area contributed by atoms with Gasteiger partial charge in [-0.15, -0.1) is 0 Å². The molecule has 0 bridgehead atoms. The highest BCUT2D eigenvalue weighted by Crippen LogP contribution is 2.18. The molecule has 0 aliphatic rings. The molecule has 4 heteroatoms. The summed E-state index contributed by atoms with van der Waals surface area (Å²) in [7, 11) is 0. The summed E-state index contributed by atoms with van der Waals surface area (Å²) in [5, 5.41) is 0. The molecule has 0 aromatic heterocycles. The molecule has 0 aliphatic carbocycles. The van der Waals surface area contributed by atoms with E-state index in [-0.39, 0.29) is 6.71 Å². The van der Waals surface area contributed by atoms with Crippen molar-refractivity contribution >= 4 is 23.1 Å². The van der Waals surface area contributed by atoms with Gasteiger partial charge in [-0.05, 0) is 53.8 Å². The van der Waals surface area contributed by atoms with Crippen LogP contribution in [0, 0.1) is 0 Å². The number of hydrogen-bond acceptors (Lipinski definition) is 3. The number of ether oxygens (including phenoxy) is 3. The molecule has 0 heterocycles. The van der Waals surface area contributed by atoms with Gasteiger partial charge in [-0.3, -0.25) is 0 Å². The number of hydrogen-bond donors (Lipinski definition) is 0. The number of para-hydroxylation sites is 3. The van der Waals surface area contributed by atoms with Crippen molar-refractivity contribution in [2.45, 2.75) is 78.6 Å². The van der Waals surface area contributed by atoms with E-state index in [1.165, 1.54) is 38.5 Å². The largest absolute Gasteiger partial charge is 0.494 e. The van der Waals surface area contributed by atoms with Crippen LogP contribution >= 0.6 is 0 Å². The SMILES string of the molecule is CCCCCOc1ccccc1B(c1ccccc1OCCCCC)c1ccccc1OCCCCC. The standard InChI is InChI=1S/C33H45BO3/c1-4-7-16-25-35-31-22-13-10-19-28(31)34(29-20-11-14-23-32(29)36-26-17-8-5-2)30-21-12-15-24-33(30)37-27-18-9-6-3/h10-15,19-24H,4-9,16-18,25-27H2,1-3H3. The van der Waals surface area contributed by atoms with Gasteiger partial charge >= 0.3 is 0 Å². The molecular weight excluding hydrogens is 455 g/mol. The van der Waals surface area contributed by atoms with Crippen molar-refractivity contribution in [1.82, 2.24) is 0 Å². The van der Waals surface area contributed by atoms with Crippen molar-refractivity contribution in [3.05, 3.63) is 72.8 Å². The fourth-order valence-electron chi connectivity index (χ4n) is 4.66. The lowest BCUT2D eigenvalue weighted by Crippen LogP contribution is -2.53. The second kappa shape index (κ2) is 16.8. The molecule has 0 radical (unpaired) electrons. The van der Waals surface area contributed by atoms with E-state index in [9.17, 15) is 0 Å². The minimum absolute atomic E-state index is 0.0628. The Balaban J connectivity index is 2.04. The molecule has 0 spiro atoms. The van der Waals surface area contributed by atoms with E-state index in [1.807, 2.05) is 0 Å². The van der Waals surface area contributed by atoms with Gasteiger partial charge in [0.1, 0.15) is 17.2 Å². The normalized spacial score (nSPS) is 10.8. The second-order valence-corrected chi connectivity index (χ2v) is 9.71. The molecular formula is C33H45BO3. The summed E-state index contributed by atoms with van der Waals surface area (Å²) >= 11 is 0. The first-order chi connectivity index (χ1) is 18.3. The quantitative estimate of drug-likeness (QED) is 0.140. The van der Waals surface area contributed by atoms with Crippen molar-refractivity contribution in [1.29, 1.82) is 0 Å². The first-order valence-electron chi connectivity index (χ1n) is 14.4. The number of unbranched alkanes of at least 4 members (excludes halogenated alkanes) is 6. The average Bonchev–Trinajstić information content (AvgIpc) is 2.94. The zero-order valence-electron chi connectivity index (χ0n) is 23.2. The predicted molar refractivity (Wildman–Crippen MR) is 159 cm³/mol. The predicted octanol–water partition coefficient (Wildman–Crippen LogP) is 6.91. The van der Waals surface area contributed by atoms with Crippen LogP contribution in [0.2, 0.25) is 0 Å². The Morgan fingerprint density at radius 1 is 0.432 bits per heavy atom. The number of benzene rings is 3. The Bertz CT molecular complexity index is 903. The van der Waals surface area contributed by atoms with Gasteiger partial charge in [0, 0.05) is 0 Å². The van der Waals surface area contributed by atoms with E-state index in [0.29, 0.717) is 0 Å². The fourth-order valence-corrected chi connectivity index (χ4v) is 4.66. The minimum atomic E-state index is -0.0628. The van der Waals surface area contributed by atoms with Crippen LogP contribution in [0.15, 0.2) is 72.8 Å². The average molecular weight is 501 g/mol. The first kappa shape index (κ1) is 28.7. The van der Waals surface area contributed by atoms with Crippen LogP contribution in [0.3, 0.4) is 0 Å². The third kappa shape index (κ3) is 8.88. The molecule has 0 atom stereocenters. The maximum atomic E-state index is 6.39. The van der Waals surface area contributed by atoms with Crippen LogP contribution in [0.25, 0.3) is 0 Å². The Kier molecular flexibility index (Phi) is 13.0. The molecule has 3 rings (SSSR count). The van der Waals surface area contributed by atoms with E-state index in [0.717, 1.165) is 72.7 Å². The molecule has 37 heavy (non-hydrogen) atoms. The molecule has 0 amide bonds. The van der Waals surface area contributed by atoms with Crippen molar-refractivity contribution < 1.29 is 14.2 Å². The van der Waals surface area contributed by atoms with Crippen molar-refractivity contribution in [2.75, 3.05) is 19.8 Å². The van der Waals surface area contributed by atoms with Gasteiger partial charge in [0.05, 0.1) is 19.8 Å². The lowest BCUT2D eigenvalue weighted by Gasteiger charge is -2.23. The van der Waals surface area contributed by atoms with Gasteiger partial charge in [0.2, 0.25) is 0 Å². The maximum absolute atomic E-state index is 6.39. The third-order valence-corrected chi connectivity index (χ3v) is 6.71. The van der Waals surface area contributed by atoms with Gasteiger partial charge in [-0.2, -0.15) is 0 Å². The van der Waals surface area contributed by atoms with Crippen LogP contribution in [-0.4, -0.2) is 26.5 Å². The van der Waals surface area contributed by atoms with Crippen molar-refractivity contribution in [2.24, 2.45) is 0 Å². The van der Waals surface area contributed by atoms with Gasteiger partial charge in [-0.25, -0.2) is 0 Å². The minimum Gasteiger partial charge on any atom is -0.494 e. The zero-order chi connectivity index (χ0) is 26.1. The molecule has 0 N–H and O–H groups in total. The molecule has 0 fully saturated rings. The smallest absolute Gasteiger partial charge is 0.255 e. The highest BCUT2D eigenvalue weighted by atomic mass is 16.5. The van der Waals surface area contributed by atoms with Crippen molar-refractivity contribution in [3.63, 3.8) is 0 Å². The molecule has 0 saturated carbocycles. The van der Waals surface area contributed by atoms with E-state index in [2.05, 4.69) is 93.6 Å². The summed E-state index contributed by atoms with van der Waals surface area (Å²) in [5.41, 5.74) is 3.44. The van der Waals surface area contributed by atoms with Crippen LogP contribution in [-0.2, 0) is 0 Å². The maximum Gasteiger partial charge on any atom is 0.255 e. The molecule has 3 nitrogen and oxygen atoms in total. The summed E-state index contributed by atoms with van der Waals surface area (Å²) in [5.74, 6) is 2.81. The van der Waals surface area contributed by atoms with E-state index < -0.39 is 0 Å². The van der Waals surface area contributed by atoms with Crippen LogP contribution in [0.1, 0.15) is 78.6 Å². The second-order valence-electron chi connectivity index (χ2n) is 9.71. The zero-order valence-corrected chi connectivity index (χ0v) is 23.2. The summed E-state index contributed by atoms with van der Waals surface area (Å²) in [6.45, 7) is 8.77. The highest BCUT2D eigenvalue weighted by Gasteiger charge is 2.30. The van der Waals surface area contributed by atoms with E-state index in [1.54, 1.807) is 0 Å². The first-order valence-corrected chi connectivity index (χ1v) is 14.4. The van der Waals surface area contributed by atoms with Gasteiger partial charge < -0.3 is 14.2 Å². The Labute approximate surface area is 225 Å². The van der Waals surface area contributed by atoms with Crippen LogP contribution < -0.4 is 30.6 Å². The Morgan fingerprint density at radius 2 is 0.730 bits per heavy atom. The van der Waals surface area contributed by atoms with Gasteiger partial charge in [-0.1, -0.05) is 114 Å². The lowest BCUT2D eigenvalue weighted by molar-refractivity contribution is 0.307. The van der Waals surface area contributed by atoms with Crippen LogP contribution in [0.5, 0.6) is 17.2 Å². The fraction of sp³-hybridized carbons (Fsp3) is 0.455. The summed E-state index contributed by atoms with van der Waals surface area (Å²) in [6.07, 6.45) is 10.2. The summed E-state index contributed by atoms with van der Waals surface area (Å²) in [4.78, 5) is 0. The van der Waals surface area contributed by atoms with Crippen LogP contribution in [0.4, 0.5) is 0 Å². The van der Waals surface area contributed by atoms with E-state index in [4.69, 9.17) is 14.2 Å². The van der Waals surface area contributed by atoms with Gasteiger partial charge in [0.15, 0.2) is 0 Å². The van der Waals surface area contributed by atoms with Gasteiger partial charge in [0.25, 0.3) is 6.71 Å². The molecule has 0 saturated heterocycles. The third-order valence-electron chi connectivity index (χ3n) is 6.71. The topological polar surface area (TPSA) is 27.7 Å². The lowest BCUT2D eigenvalue weighted by atomic mass is 9.36. The highest BCUT2D eigenvalue weighted by molar-refractivity contribution is 6.97. The molecule has 3 aromatic rings. The molecule has 0 unspecified atom stereocenters. The summed E-state index contributed by atoms with van der Waals surface area (Å²) < 4.78 is 19.2. The Hall–Kier alpha value is -2.88. The molecule has 3 aromatic carbocycles. The number of rotatable bonds is 18. The summed E-state index contributed by atoms with van der Waals surface area (Å²) in [6, 6.07) is 25.4. The molecule has 0 aliphatic heterocycles. The Morgan fingerprint density at radius 3 is 1.03 bits per heavy atom.